The van der Waals surface area contributed by atoms with Crippen LogP contribution in [0.1, 0.15) is 18.9 Å². The molecule has 1 aromatic rings. The molecule has 0 bridgehead atoms. The number of allylic oxidation sites excluding steroid dienone is 1. The highest BCUT2D eigenvalue weighted by molar-refractivity contribution is 7.97. The van der Waals surface area contributed by atoms with Gasteiger partial charge in [-0.25, -0.2) is 0 Å². The molecular weight excluding hydrogens is 202 g/mol. The van der Waals surface area contributed by atoms with Gasteiger partial charge in [0.15, 0.2) is 0 Å². The van der Waals surface area contributed by atoms with Gasteiger partial charge in [0.1, 0.15) is 0 Å². The number of nitrogens with one attached hydrogen (secondary N) is 1. The van der Waals surface area contributed by atoms with Crippen LogP contribution in [0, 0.1) is 0 Å². The molecule has 1 nitrogen and oxygen atoms in total. The van der Waals surface area contributed by atoms with Crippen molar-refractivity contribution in [3.8, 4) is 0 Å². The number of rotatable bonds is 1. The van der Waals surface area contributed by atoms with Crippen LogP contribution in [0.25, 0.3) is 6.08 Å². The van der Waals surface area contributed by atoms with Gasteiger partial charge in [0.25, 0.3) is 0 Å². The van der Waals surface area contributed by atoms with Gasteiger partial charge < -0.3 is 4.72 Å². The fourth-order valence-corrected chi connectivity index (χ4v) is 2.23. The summed E-state index contributed by atoms with van der Waals surface area (Å²) in [7, 11) is 0. The lowest BCUT2D eigenvalue weighted by molar-refractivity contribution is 1.02. The van der Waals surface area contributed by atoms with Crippen LogP contribution in [0.4, 0.5) is 0 Å². The molecule has 1 aliphatic heterocycles. The zero-order valence-corrected chi connectivity index (χ0v) is 8.88. The van der Waals surface area contributed by atoms with Gasteiger partial charge in [0, 0.05) is 15.6 Å². The standard InChI is InChI=1S/C10H10ClNS/c1-2-9-6-7-5-8(11)3-4-10(7)13-12-9/h3-6,12H,2H2,1H3. The highest BCUT2D eigenvalue weighted by atomic mass is 35.5. The number of hydrogen-bond donors (Lipinski definition) is 1. The van der Waals surface area contributed by atoms with Gasteiger partial charge in [-0.15, -0.1) is 0 Å². The van der Waals surface area contributed by atoms with Crippen molar-refractivity contribution in [2.24, 2.45) is 0 Å². The van der Waals surface area contributed by atoms with E-state index in [1.54, 1.807) is 11.9 Å². The monoisotopic (exact) mass is 211 g/mol. The molecule has 0 fully saturated rings. The number of fused-ring (bicyclic) bond motifs is 1. The first-order chi connectivity index (χ1) is 6.29. The summed E-state index contributed by atoms with van der Waals surface area (Å²) in [6.45, 7) is 2.13. The molecule has 0 spiro atoms. The minimum atomic E-state index is 0.799. The van der Waals surface area contributed by atoms with Crippen LogP contribution in [0.3, 0.4) is 0 Å². The molecule has 0 atom stereocenters. The van der Waals surface area contributed by atoms with Gasteiger partial charge in [-0.05, 0) is 48.2 Å². The van der Waals surface area contributed by atoms with Crippen molar-refractivity contribution in [3.63, 3.8) is 0 Å². The van der Waals surface area contributed by atoms with E-state index >= 15 is 0 Å². The Morgan fingerprint density at radius 2 is 2.31 bits per heavy atom. The molecule has 0 amide bonds. The second kappa shape index (κ2) is 3.64. The largest absolute Gasteiger partial charge is 0.329 e. The van der Waals surface area contributed by atoms with E-state index in [0.717, 1.165) is 11.4 Å². The molecule has 1 heterocycles. The van der Waals surface area contributed by atoms with Crippen LogP contribution in [0.5, 0.6) is 0 Å². The SMILES string of the molecule is CCC1=Cc2cc(Cl)ccc2SN1. The van der Waals surface area contributed by atoms with Crippen LogP contribution in [-0.2, 0) is 0 Å². The van der Waals surface area contributed by atoms with Crippen LogP contribution in [0.15, 0.2) is 28.8 Å². The van der Waals surface area contributed by atoms with Crippen molar-refractivity contribution in [1.29, 1.82) is 0 Å². The quantitative estimate of drug-likeness (QED) is 0.711. The third kappa shape index (κ3) is 1.84. The smallest absolute Gasteiger partial charge is 0.0412 e. The van der Waals surface area contributed by atoms with E-state index in [0.29, 0.717) is 0 Å². The molecule has 3 heteroatoms. The van der Waals surface area contributed by atoms with Crippen molar-refractivity contribution in [3.05, 3.63) is 34.5 Å². The Labute approximate surface area is 87.3 Å². The summed E-state index contributed by atoms with van der Waals surface area (Å²) in [6, 6.07) is 5.96. The summed E-state index contributed by atoms with van der Waals surface area (Å²) in [6.07, 6.45) is 3.18. The molecule has 0 aliphatic carbocycles. The van der Waals surface area contributed by atoms with Crippen LogP contribution >= 0.6 is 23.5 Å². The van der Waals surface area contributed by atoms with Gasteiger partial charge in [-0.2, -0.15) is 0 Å². The van der Waals surface area contributed by atoms with Crippen LogP contribution < -0.4 is 4.72 Å². The molecule has 1 aromatic carbocycles. The van der Waals surface area contributed by atoms with Crippen LogP contribution in [0.2, 0.25) is 5.02 Å². The summed E-state index contributed by atoms with van der Waals surface area (Å²) in [4.78, 5) is 1.24. The summed E-state index contributed by atoms with van der Waals surface area (Å²) in [5.41, 5.74) is 2.47. The first kappa shape index (κ1) is 8.97. The number of halogens is 1. The zero-order valence-electron chi connectivity index (χ0n) is 7.30. The third-order valence-electron chi connectivity index (χ3n) is 1.97. The van der Waals surface area contributed by atoms with E-state index in [2.05, 4.69) is 17.7 Å². The maximum atomic E-state index is 5.91. The lowest BCUT2D eigenvalue weighted by Gasteiger charge is -2.16. The fraction of sp³-hybridized carbons (Fsp3) is 0.200. The van der Waals surface area contributed by atoms with Crippen molar-refractivity contribution in [1.82, 2.24) is 4.72 Å². The van der Waals surface area contributed by atoms with E-state index < -0.39 is 0 Å². The number of hydrogen-bond acceptors (Lipinski definition) is 2. The second-order valence-electron chi connectivity index (χ2n) is 2.91. The molecule has 1 aliphatic rings. The predicted molar refractivity (Wildman–Crippen MR) is 58.7 cm³/mol. The molecule has 0 saturated carbocycles. The summed E-state index contributed by atoms with van der Waals surface area (Å²) < 4.78 is 3.28. The molecule has 0 radical (unpaired) electrons. The fourth-order valence-electron chi connectivity index (χ4n) is 1.24. The summed E-state index contributed by atoms with van der Waals surface area (Å²) in [5, 5.41) is 0.799. The normalized spacial score (nSPS) is 14.5. The Balaban J connectivity index is 2.44. The van der Waals surface area contributed by atoms with E-state index in [4.69, 9.17) is 11.6 Å². The van der Waals surface area contributed by atoms with Crippen molar-refractivity contribution in [2.45, 2.75) is 18.2 Å². The van der Waals surface area contributed by atoms with Crippen molar-refractivity contribution < 1.29 is 0 Å². The lowest BCUT2D eigenvalue weighted by Crippen LogP contribution is -2.06. The average molecular weight is 212 g/mol. The zero-order chi connectivity index (χ0) is 9.26. The highest BCUT2D eigenvalue weighted by Gasteiger charge is 2.08. The molecule has 0 saturated heterocycles. The van der Waals surface area contributed by atoms with E-state index in [-0.39, 0.29) is 0 Å². The maximum Gasteiger partial charge on any atom is 0.0412 e. The minimum Gasteiger partial charge on any atom is -0.329 e. The van der Waals surface area contributed by atoms with Crippen molar-refractivity contribution >= 4 is 29.6 Å². The first-order valence-corrected chi connectivity index (χ1v) is 5.42. The summed E-state index contributed by atoms with van der Waals surface area (Å²) >= 11 is 7.56. The van der Waals surface area contributed by atoms with Gasteiger partial charge in [-0.1, -0.05) is 18.5 Å². The van der Waals surface area contributed by atoms with Gasteiger partial charge in [-0.3, -0.25) is 0 Å². The van der Waals surface area contributed by atoms with Gasteiger partial charge in [0.2, 0.25) is 0 Å². The Bertz CT molecular complexity index is 360. The van der Waals surface area contributed by atoms with E-state index in [9.17, 15) is 0 Å². The average Bonchev–Trinajstić information content (AvgIpc) is 2.16. The topological polar surface area (TPSA) is 12.0 Å². The molecule has 0 unspecified atom stereocenters. The minimum absolute atomic E-state index is 0.799. The Morgan fingerprint density at radius 3 is 3.08 bits per heavy atom. The highest BCUT2D eigenvalue weighted by Crippen LogP contribution is 2.30. The number of benzene rings is 1. The Hall–Kier alpha value is -0.600. The molecule has 13 heavy (non-hydrogen) atoms. The Morgan fingerprint density at radius 1 is 1.46 bits per heavy atom. The predicted octanol–water partition coefficient (Wildman–Crippen LogP) is 3.70. The maximum absolute atomic E-state index is 5.91. The molecule has 68 valence electrons. The second-order valence-corrected chi connectivity index (χ2v) is 4.19. The lowest BCUT2D eigenvalue weighted by atomic mass is 10.1. The summed E-state index contributed by atoms with van der Waals surface area (Å²) in [5.74, 6) is 0. The van der Waals surface area contributed by atoms with E-state index in [1.807, 2.05) is 18.2 Å². The van der Waals surface area contributed by atoms with E-state index in [1.165, 1.54) is 16.2 Å². The molecule has 0 aromatic heterocycles. The third-order valence-corrected chi connectivity index (χ3v) is 3.17. The van der Waals surface area contributed by atoms with Crippen LogP contribution in [-0.4, -0.2) is 0 Å². The van der Waals surface area contributed by atoms with Gasteiger partial charge >= 0.3 is 0 Å². The van der Waals surface area contributed by atoms with Gasteiger partial charge in [0.05, 0.1) is 0 Å². The van der Waals surface area contributed by atoms with Crippen molar-refractivity contribution in [2.75, 3.05) is 0 Å². The Kier molecular flexibility index (Phi) is 2.51. The molecular formula is C10H10ClNS. The first-order valence-electron chi connectivity index (χ1n) is 4.22. The molecule has 1 N–H and O–H groups in total. The molecule has 2 rings (SSSR count).